The highest BCUT2D eigenvalue weighted by atomic mass is 16.3. The van der Waals surface area contributed by atoms with Crippen LogP contribution in [0, 0.1) is 0 Å². The molecule has 0 saturated heterocycles. The molecule has 3 N–H and O–H groups in total. The summed E-state index contributed by atoms with van der Waals surface area (Å²) in [7, 11) is 1.58. The van der Waals surface area contributed by atoms with Crippen LogP contribution in [0.15, 0.2) is 12.4 Å². The summed E-state index contributed by atoms with van der Waals surface area (Å²) in [5, 5.41) is 9.12. The van der Waals surface area contributed by atoms with Crippen LogP contribution in [0.25, 0.3) is 0 Å². The smallest absolute Gasteiger partial charge is 0.273 e. The number of nitrogen functional groups attached to an aromatic ring is 1. The van der Waals surface area contributed by atoms with Crippen LogP contribution in [0.4, 0.5) is 5.82 Å². The molecule has 0 aliphatic rings. The summed E-state index contributed by atoms with van der Waals surface area (Å²) >= 11 is 0. The number of carbonyl (C=O) groups excluding carboxylic acids is 1. The molecule has 1 rings (SSSR count). The van der Waals surface area contributed by atoms with Crippen LogP contribution in [-0.4, -0.2) is 45.6 Å². The van der Waals surface area contributed by atoms with Crippen molar-refractivity contribution in [2.75, 3.05) is 19.3 Å². The molecular weight excluding hydrogens is 196 g/mol. The van der Waals surface area contributed by atoms with Crippen LogP contribution < -0.4 is 5.73 Å². The summed E-state index contributed by atoms with van der Waals surface area (Å²) in [4.78, 5) is 20.7. The molecule has 1 aromatic rings. The second-order valence-electron chi connectivity index (χ2n) is 3.36. The average molecular weight is 210 g/mol. The minimum Gasteiger partial charge on any atom is -0.392 e. The number of aromatic nitrogens is 2. The minimum atomic E-state index is -0.576. The lowest BCUT2D eigenvalue weighted by Gasteiger charge is -2.17. The van der Waals surface area contributed by atoms with E-state index >= 15 is 0 Å². The van der Waals surface area contributed by atoms with Gasteiger partial charge in [0.1, 0.15) is 11.5 Å². The number of carbonyl (C=O) groups is 1. The van der Waals surface area contributed by atoms with E-state index in [4.69, 9.17) is 10.8 Å². The van der Waals surface area contributed by atoms with Gasteiger partial charge in [-0.2, -0.15) is 0 Å². The lowest BCUT2D eigenvalue weighted by atomic mass is 10.3. The van der Waals surface area contributed by atoms with Gasteiger partial charge in [0.25, 0.3) is 5.91 Å². The number of anilines is 1. The molecule has 0 saturated carbocycles. The number of aliphatic hydroxyl groups excluding tert-OH is 1. The Hall–Kier alpha value is -1.69. The van der Waals surface area contributed by atoms with Crippen molar-refractivity contribution in [1.29, 1.82) is 0 Å². The number of hydrogen-bond donors (Lipinski definition) is 2. The molecule has 0 spiro atoms. The van der Waals surface area contributed by atoms with Crippen molar-refractivity contribution in [1.82, 2.24) is 14.9 Å². The third-order valence-electron chi connectivity index (χ3n) is 1.76. The van der Waals surface area contributed by atoms with Crippen molar-refractivity contribution in [2.24, 2.45) is 0 Å². The third-order valence-corrected chi connectivity index (χ3v) is 1.76. The van der Waals surface area contributed by atoms with Crippen LogP contribution in [0.5, 0.6) is 0 Å². The van der Waals surface area contributed by atoms with E-state index in [0.717, 1.165) is 0 Å². The van der Waals surface area contributed by atoms with Crippen molar-refractivity contribution in [3.8, 4) is 0 Å². The van der Waals surface area contributed by atoms with Crippen molar-refractivity contribution in [3.05, 3.63) is 18.1 Å². The Morgan fingerprint density at radius 2 is 2.33 bits per heavy atom. The number of likely N-dealkylation sites (N-methyl/N-ethyl adjacent to an activating group) is 1. The average Bonchev–Trinajstić information content (AvgIpc) is 2.15. The summed E-state index contributed by atoms with van der Waals surface area (Å²) in [5.41, 5.74) is 5.58. The number of hydrogen-bond acceptors (Lipinski definition) is 5. The molecule has 1 aromatic heterocycles. The predicted octanol–water partition coefficient (Wildman–Crippen LogP) is -0.488. The first-order chi connectivity index (χ1) is 7.00. The van der Waals surface area contributed by atoms with E-state index in [1.165, 1.54) is 17.3 Å². The summed E-state index contributed by atoms with van der Waals surface area (Å²) < 4.78 is 0. The topological polar surface area (TPSA) is 92.3 Å². The monoisotopic (exact) mass is 210 g/mol. The normalized spacial score (nSPS) is 12.2. The number of amides is 1. The highest BCUT2D eigenvalue weighted by Crippen LogP contribution is 2.01. The van der Waals surface area contributed by atoms with Crippen molar-refractivity contribution in [3.63, 3.8) is 0 Å². The van der Waals surface area contributed by atoms with E-state index in [1.54, 1.807) is 14.0 Å². The predicted molar refractivity (Wildman–Crippen MR) is 55.1 cm³/mol. The highest BCUT2D eigenvalue weighted by Gasteiger charge is 2.14. The molecule has 15 heavy (non-hydrogen) atoms. The second-order valence-corrected chi connectivity index (χ2v) is 3.36. The van der Waals surface area contributed by atoms with E-state index in [9.17, 15) is 4.79 Å². The summed E-state index contributed by atoms with van der Waals surface area (Å²) in [6.07, 6.45) is 2.14. The fourth-order valence-electron chi connectivity index (χ4n) is 1.16. The molecule has 0 aliphatic heterocycles. The third kappa shape index (κ3) is 3.17. The molecule has 6 heteroatoms. The van der Waals surface area contributed by atoms with Crippen molar-refractivity contribution < 1.29 is 9.90 Å². The number of nitrogens with zero attached hydrogens (tertiary/aromatic N) is 3. The SMILES string of the molecule is CC(O)CN(C)C(=O)c1cncc(N)n1. The first-order valence-electron chi connectivity index (χ1n) is 4.51. The first-order valence-corrected chi connectivity index (χ1v) is 4.51. The van der Waals surface area contributed by atoms with Crippen molar-refractivity contribution >= 4 is 11.7 Å². The first kappa shape index (κ1) is 11.4. The van der Waals surface area contributed by atoms with Gasteiger partial charge in [-0.05, 0) is 6.92 Å². The Balaban J connectivity index is 2.76. The van der Waals surface area contributed by atoms with Gasteiger partial charge in [-0.25, -0.2) is 4.98 Å². The van der Waals surface area contributed by atoms with Gasteiger partial charge < -0.3 is 15.7 Å². The molecule has 82 valence electrons. The van der Waals surface area contributed by atoms with E-state index in [2.05, 4.69) is 9.97 Å². The number of nitrogens with two attached hydrogens (primary N) is 1. The molecule has 1 atom stereocenters. The van der Waals surface area contributed by atoms with E-state index in [-0.39, 0.29) is 24.0 Å². The van der Waals surface area contributed by atoms with Crippen LogP contribution in [0.1, 0.15) is 17.4 Å². The molecule has 1 heterocycles. The quantitative estimate of drug-likeness (QED) is 0.702. The summed E-state index contributed by atoms with van der Waals surface area (Å²) in [5.74, 6) is -0.109. The Kier molecular flexibility index (Phi) is 3.56. The Bertz CT molecular complexity index is 354. The molecule has 0 fully saturated rings. The van der Waals surface area contributed by atoms with Gasteiger partial charge in [0.05, 0.1) is 18.5 Å². The van der Waals surface area contributed by atoms with E-state index < -0.39 is 6.10 Å². The summed E-state index contributed by atoms with van der Waals surface area (Å²) in [6, 6.07) is 0. The molecule has 6 nitrogen and oxygen atoms in total. The lowest BCUT2D eigenvalue weighted by Crippen LogP contribution is -2.33. The Labute approximate surface area is 87.8 Å². The van der Waals surface area contributed by atoms with Gasteiger partial charge in [-0.3, -0.25) is 9.78 Å². The second kappa shape index (κ2) is 4.70. The molecular formula is C9H14N4O2. The van der Waals surface area contributed by atoms with Crippen molar-refractivity contribution in [2.45, 2.75) is 13.0 Å². The van der Waals surface area contributed by atoms with Gasteiger partial charge in [0.15, 0.2) is 0 Å². The van der Waals surface area contributed by atoms with Gasteiger partial charge in [0.2, 0.25) is 0 Å². The largest absolute Gasteiger partial charge is 0.392 e. The maximum atomic E-state index is 11.7. The Morgan fingerprint density at radius 3 is 2.87 bits per heavy atom. The minimum absolute atomic E-state index is 0.179. The van der Waals surface area contributed by atoms with E-state index in [0.29, 0.717) is 0 Å². The fourth-order valence-corrected chi connectivity index (χ4v) is 1.16. The highest BCUT2D eigenvalue weighted by molar-refractivity contribution is 5.92. The number of rotatable bonds is 3. The maximum absolute atomic E-state index is 11.7. The van der Waals surface area contributed by atoms with Gasteiger partial charge in [-0.15, -0.1) is 0 Å². The van der Waals surface area contributed by atoms with E-state index in [1.807, 2.05) is 0 Å². The maximum Gasteiger partial charge on any atom is 0.273 e. The molecule has 1 unspecified atom stereocenters. The van der Waals surface area contributed by atoms with Crippen LogP contribution >= 0.6 is 0 Å². The van der Waals surface area contributed by atoms with Gasteiger partial charge in [-0.1, -0.05) is 0 Å². The zero-order valence-electron chi connectivity index (χ0n) is 8.71. The molecule has 0 radical (unpaired) electrons. The lowest BCUT2D eigenvalue weighted by molar-refractivity contribution is 0.0698. The summed E-state index contributed by atoms with van der Waals surface area (Å²) in [6.45, 7) is 1.85. The zero-order valence-corrected chi connectivity index (χ0v) is 8.71. The van der Waals surface area contributed by atoms with Crippen LogP contribution in [-0.2, 0) is 0 Å². The molecule has 0 aromatic carbocycles. The molecule has 1 amide bonds. The molecule has 0 bridgehead atoms. The number of aliphatic hydroxyl groups is 1. The fraction of sp³-hybridized carbons (Fsp3) is 0.444. The van der Waals surface area contributed by atoms with Gasteiger partial charge in [0, 0.05) is 13.6 Å². The Morgan fingerprint density at radius 1 is 1.67 bits per heavy atom. The van der Waals surface area contributed by atoms with Crippen LogP contribution in [0.3, 0.4) is 0 Å². The van der Waals surface area contributed by atoms with Crippen LogP contribution in [0.2, 0.25) is 0 Å². The zero-order chi connectivity index (χ0) is 11.4. The molecule has 0 aliphatic carbocycles. The van der Waals surface area contributed by atoms with Gasteiger partial charge >= 0.3 is 0 Å². The standard InChI is InChI=1S/C9H14N4O2/c1-6(14)5-13(2)9(15)7-3-11-4-8(10)12-7/h3-4,6,14H,5H2,1-2H3,(H2,10,12).